The molecule has 1 aliphatic heterocycles. The van der Waals surface area contributed by atoms with Crippen molar-refractivity contribution >= 4 is 28.6 Å². The van der Waals surface area contributed by atoms with E-state index in [0.717, 1.165) is 9.13 Å². The third-order valence-corrected chi connectivity index (χ3v) is 4.83. The Balaban J connectivity index is 2.07. The maximum Gasteiger partial charge on any atom is 0.339 e. The van der Waals surface area contributed by atoms with E-state index in [1.54, 1.807) is 13.0 Å². The first kappa shape index (κ1) is 16.6. The summed E-state index contributed by atoms with van der Waals surface area (Å²) in [5.74, 6) is -2.87. The highest BCUT2D eigenvalue weighted by Gasteiger charge is 2.34. The zero-order valence-corrected chi connectivity index (χ0v) is 14.0. The number of carbonyl (C=O) groups excluding carboxylic acids is 1. The number of hydrogen-bond donors (Lipinski definition) is 0. The lowest BCUT2D eigenvalue weighted by Crippen LogP contribution is -2.39. The third kappa shape index (κ3) is 4.35. The summed E-state index contributed by atoms with van der Waals surface area (Å²) in [5.41, 5.74) is 1.52. The minimum atomic E-state index is -2.53. The fourth-order valence-electron chi connectivity index (χ4n) is 2.35. The fraction of sp³-hybridized carbons (Fsp3) is 0.533. The van der Waals surface area contributed by atoms with E-state index in [-0.39, 0.29) is 18.8 Å². The molecule has 1 aromatic rings. The van der Waals surface area contributed by atoms with Gasteiger partial charge in [-0.3, -0.25) is 4.90 Å². The minimum Gasteiger partial charge on any atom is -0.462 e. The van der Waals surface area contributed by atoms with Gasteiger partial charge in [-0.1, -0.05) is 12.1 Å². The Morgan fingerprint density at radius 2 is 2.05 bits per heavy atom. The monoisotopic (exact) mass is 409 g/mol. The average Bonchev–Trinajstić information content (AvgIpc) is 2.43. The number of piperidine rings is 1. The highest BCUT2D eigenvalue weighted by molar-refractivity contribution is 14.1. The number of nitrogens with zero attached hydrogens (tertiary/aromatic N) is 1. The summed E-state index contributed by atoms with van der Waals surface area (Å²) < 4.78 is 32.2. The molecule has 0 radical (unpaired) electrons. The largest absolute Gasteiger partial charge is 0.462 e. The topological polar surface area (TPSA) is 29.5 Å². The van der Waals surface area contributed by atoms with Crippen LogP contribution >= 0.6 is 22.6 Å². The van der Waals surface area contributed by atoms with Crippen LogP contribution in [0.1, 0.15) is 35.7 Å². The number of benzene rings is 1. The predicted octanol–water partition coefficient (Wildman–Crippen LogP) is 3.70. The lowest BCUT2D eigenvalue weighted by Gasteiger charge is -2.32. The van der Waals surface area contributed by atoms with Crippen LogP contribution in [-0.4, -0.2) is 36.5 Å². The van der Waals surface area contributed by atoms with E-state index in [1.807, 2.05) is 17.0 Å². The number of halogens is 3. The predicted molar refractivity (Wildman–Crippen MR) is 84.6 cm³/mol. The third-order valence-electron chi connectivity index (χ3n) is 3.56. The highest BCUT2D eigenvalue weighted by atomic mass is 127. The molecule has 0 amide bonds. The van der Waals surface area contributed by atoms with Gasteiger partial charge in [0.15, 0.2) is 0 Å². The fourth-order valence-corrected chi connectivity index (χ4v) is 3.10. The Morgan fingerprint density at radius 1 is 1.38 bits per heavy atom. The van der Waals surface area contributed by atoms with Crippen molar-refractivity contribution in [3.8, 4) is 0 Å². The quantitative estimate of drug-likeness (QED) is 0.561. The van der Waals surface area contributed by atoms with Crippen LogP contribution in [0.25, 0.3) is 0 Å². The van der Waals surface area contributed by atoms with Gasteiger partial charge in [0, 0.05) is 36.0 Å². The zero-order valence-electron chi connectivity index (χ0n) is 11.9. The van der Waals surface area contributed by atoms with Crippen molar-refractivity contribution in [2.75, 3.05) is 19.7 Å². The first-order valence-electron chi connectivity index (χ1n) is 6.97. The average molecular weight is 409 g/mol. The Morgan fingerprint density at radius 3 is 2.67 bits per heavy atom. The molecule has 0 N–H and O–H groups in total. The lowest BCUT2D eigenvalue weighted by molar-refractivity contribution is -0.0566. The van der Waals surface area contributed by atoms with Crippen molar-refractivity contribution < 1.29 is 18.3 Å². The molecule has 0 aromatic heterocycles. The van der Waals surface area contributed by atoms with Crippen LogP contribution in [0, 0.1) is 3.57 Å². The van der Waals surface area contributed by atoms with Gasteiger partial charge >= 0.3 is 5.97 Å². The smallest absolute Gasteiger partial charge is 0.339 e. The van der Waals surface area contributed by atoms with Crippen LogP contribution in [0.4, 0.5) is 8.78 Å². The van der Waals surface area contributed by atoms with Crippen molar-refractivity contribution in [1.82, 2.24) is 4.90 Å². The van der Waals surface area contributed by atoms with E-state index < -0.39 is 5.92 Å². The number of hydrogen-bond acceptors (Lipinski definition) is 3. The molecule has 0 saturated carbocycles. The van der Waals surface area contributed by atoms with Gasteiger partial charge in [-0.15, -0.1) is 0 Å². The molecule has 0 unspecified atom stereocenters. The van der Waals surface area contributed by atoms with Crippen molar-refractivity contribution in [3.63, 3.8) is 0 Å². The van der Waals surface area contributed by atoms with Crippen LogP contribution in [-0.2, 0) is 11.3 Å². The van der Waals surface area contributed by atoms with E-state index in [0.29, 0.717) is 31.8 Å². The van der Waals surface area contributed by atoms with Gasteiger partial charge in [-0.05, 0) is 41.1 Å². The number of rotatable bonds is 4. The molecule has 1 aromatic carbocycles. The number of carbonyl (C=O) groups is 1. The Labute approximate surface area is 136 Å². The Hall–Kier alpha value is -0.760. The summed E-state index contributed by atoms with van der Waals surface area (Å²) in [6, 6.07) is 5.47. The van der Waals surface area contributed by atoms with Crippen molar-refractivity contribution in [2.45, 2.75) is 32.2 Å². The normalized spacial score (nSPS) is 18.5. The molecule has 1 aliphatic rings. The Bertz CT molecular complexity index is 512. The summed E-state index contributed by atoms with van der Waals surface area (Å²) in [6.45, 7) is 3.45. The summed E-state index contributed by atoms with van der Waals surface area (Å²) in [6.07, 6.45) is -0.192. The van der Waals surface area contributed by atoms with Crippen molar-refractivity contribution in [1.29, 1.82) is 0 Å². The van der Waals surface area contributed by atoms with Crippen LogP contribution in [0.5, 0.6) is 0 Å². The molecule has 1 heterocycles. The molecule has 0 bridgehead atoms. The summed E-state index contributed by atoms with van der Waals surface area (Å²) >= 11 is 2.12. The second kappa shape index (κ2) is 7.00. The molecular formula is C15H18F2INO2. The van der Waals surface area contributed by atoms with E-state index >= 15 is 0 Å². The standard InChI is InChI=1S/C15H18F2INO2/c1-2-21-14(20)12-5-3-4-11(13(12)18)10-19-8-6-15(16,17)7-9-19/h3-5H,2,6-10H2,1H3. The minimum absolute atomic E-state index is 0.0961. The molecule has 3 nitrogen and oxygen atoms in total. The number of esters is 1. The summed E-state index contributed by atoms with van der Waals surface area (Å²) in [5, 5.41) is 0. The molecule has 2 rings (SSSR count). The van der Waals surface area contributed by atoms with Gasteiger partial charge in [0.25, 0.3) is 5.92 Å². The van der Waals surface area contributed by atoms with E-state index in [4.69, 9.17) is 4.74 Å². The Kier molecular flexibility index (Phi) is 5.54. The molecular weight excluding hydrogens is 391 g/mol. The molecule has 0 atom stereocenters. The highest BCUT2D eigenvalue weighted by Crippen LogP contribution is 2.29. The molecule has 21 heavy (non-hydrogen) atoms. The second-order valence-electron chi connectivity index (χ2n) is 5.13. The number of ether oxygens (including phenoxy) is 1. The van der Waals surface area contributed by atoms with Gasteiger partial charge in [0.2, 0.25) is 0 Å². The van der Waals surface area contributed by atoms with E-state index in [2.05, 4.69) is 22.6 Å². The van der Waals surface area contributed by atoms with E-state index in [9.17, 15) is 13.6 Å². The molecule has 6 heteroatoms. The first-order valence-corrected chi connectivity index (χ1v) is 8.05. The van der Waals surface area contributed by atoms with Gasteiger partial charge in [0.05, 0.1) is 12.2 Å². The summed E-state index contributed by atoms with van der Waals surface area (Å²) in [7, 11) is 0. The van der Waals surface area contributed by atoms with E-state index in [1.165, 1.54) is 0 Å². The maximum atomic E-state index is 13.2. The van der Waals surface area contributed by atoms with Crippen molar-refractivity contribution in [2.24, 2.45) is 0 Å². The van der Waals surface area contributed by atoms with Crippen LogP contribution in [0.2, 0.25) is 0 Å². The number of likely N-dealkylation sites (tertiary alicyclic amines) is 1. The SMILES string of the molecule is CCOC(=O)c1cccc(CN2CCC(F)(F)CC2)c1I. The van der Waals surface area contributed by atoms with Crippen LogP contribution in [0.15, 0.2) is 18.2 Å². The first-order chi connectivity index (χ1) is 9.93. The van der Waals surface area contributed by atoms with Crippen LogP contribution in [0.3, 0.4) is 0 Å². The molecule has 1 saturated heterocycles. The van der Waals surface area contributed by atoms with Gasteiger partial charge in [-0.2, -0.15) is 0 Å². The lowest BCUT2D eigenvalue weighted by atomic mass is 10.1. The van der Waals surface area contributed by atoms with Gasteiger partial charge in [-0.25, -0.2) is 13.6 Å². The molecule has 116 valence electrons. The summed E-state index contributed by atoms with van der Waals surface area (Å²) in [4.78, 5) is 13.9. The zero-order chi connectivity index (χ0) is 15.5. The number of alkyl halides is 2. The van der Waals surface area contributed by atoms with Gasteiger partial charge in [0.1, 0.15) is 0 Å². The van der Waals surface area contributed by atoms with Crippen LogP contribution < -0.4 is 0 Å². The maximum absolute atomic E-state index is 13.2. The van der Waals surface area contributed by atoms with Gasteiger partial charge < -0.3 is 4.74 Å². The molecule has 0 spiro atoms. The molecule has 1 fully saturated rings. The van der Waals surface area contributed by atoms with Crippen molar-refractivity contribution in [3.05, 3.63) is 32.9 Å². The second-order valence-corrected chi connectivity index (χ2v) is 6.21. The molecule has 0 aliphatic carbocycles.